The average molecular weight is 624 g/mol. The van der Waals surface area contributed by atoms with Gasteiger partial charge in [-0.2, -0.15) is 0 Å². The lowest BCUT2D eigenvalue weighted by Gasteiger charge is -2.36. The van der Waals surface area contributed by atoms with Gasteiger partial charge in [-0.25, -0.2) is 4.79 Å². The fourth-order valence-electron chi connectivity index (χ4n) is 5.04. The number of carbonyl (C=O) groups excluding carboxylic acids is 1. The Kier molecular flexibility index (Phi) is 13.5. The van der Waals surface area contributed by atoms with Crippen molar-refractivity contribution < 1.29 is 23.8 Å². The molecule has 2 aromatic rings. The molecule has 41 heavy (non-hydrogen) atoms. The molecule has 1 aliphatic carbocycles. The molecule has 2 heterocycles. The zero-order valence-corrected chi connectivity index (χ0v) is 28.8. The van der Waals surface area contributed by atoms with Gasteiger partial charge in [-0.1, -0.05) is 45.7 Å². The molecule has 2 aromatic heterocycles. The number of unbranched alkanes of at least 4 members (excludes halogenated alkanes) is 3. The van der Waals surface area contributed by atoms with Crippen molar-refractivity contribution >= 4 is 37.0 Å². The van der Waals surface area contributed by atoms with Gasteiger partial charge in [0.15, 0.2) is 8.32 Å². The Morgan fingerprint density at radius 3 is 2.02 bits per heavy atom. The monoisotopic (exact) mass is 623 g/mol. The fourth-order valence-corrected chi connectivity index (χ4v) is 7.84. The van der Waals surface area contributed by atoms with Gasteiger partial charge >= 0.3 is 5.97 Å². The molecular weight excluding hydrogens is 571 g/mol. The minimum absolute atomic E-state index is 0.152. The van der Waals surface area contributed by atoms with Gasteiger partial charge in [0.1, 0.15) is 6.10 Å². The molecule has 0 atom stereocenters. The van der Waals surface area contributed by atoms with Crippen LogP contribution in [0.3, 0.4) is 0 Å². The van der Waals surface area contributed by atoms with Crippen LogP contribution in [0.25, 0.3) is 0 Å². The highest BCUT2D eigenvalue weighted by Gasteiger charge is 2.45. The lowest BCUT2D eigenvalue weighted by molar-refractivity contribution is -0.169. The number of carbonyl (C=O) groups is 1. The molecule has 232 valence electrons. The van der Waals surface area contributed by atoms with E-state index in [-0.39, 0.29) is 11.1 Å². The van der Waals surface area contributed by atoms with Gasteiger partial charge in [0.25, 0.3) is 0 Å². The van der Waals surface area contributed by atoms with Crippen molar-refractivity contribution in [1.82, 2.24) is 4.90 Å². The molecule has 3 rings (SSSR count). The summed E-state index contributed by atoms with van der Waals surface area (Å²) in [5, 5.41) is 15.5. The predicted octanol–water partition coefficient (Wildman–Crippen LogP) is 7.82. The number of hydrogen-bond donors (Lipinski definition) is 1. The van der Waals surface area contributed by atoms with Gasteiger partial charge in [0.05, 0.1) is 9.75 Å². The van der Waals surface area contributed by atoms with Crippen LogP contribution in [-0.4, -0.2) is 69.9 Å². The van der Waals surface area contributed by atoms with Crippen LogP contribution in [-0.2, 0) is 24.3 Å². The molecule has 6 nitrogen and oxygen atoms in total. The maximum atomic E-state index is 13.2. The number of rotatable bonds is 17. The molecule has 0 unspecified atom stereocenters. The summed E-state index contributed by atoms with van der Waals surface area (Å²) >= 11 is 2.75. The van der Waals surface area contributed by atoms with Crippen LogP contribution in [0.5, 0.6) is 0 Å². The highest BCUT2D eigenvalue weighted by Crippen LogP contribution is 2.38. The quantitative estimate of drug-likeness (QED) is 0.110. The Morgan fingerprint density at radius 1 is 0.927 bits per heavy atom. The lowest BCUT2D eigenvalue weighted by atomic mass is 9.91. The smallest absolute Gasteiger partial charge is 0.349 e. The van der Waals surface area contributed by atoms with E-state index in [0.717, 1.165) is 71.3 Å². The normalized spacial score (nSPS) is 18.6. The summed E-state index contributed by atoms with van der Waals surface area (Å²) in [7, 11) is 0.579. The van der Waals surface area contributed by atoms with E-state index in [1.54, 1.807) is 12.1 Å². The average Bonchev–Trinajstić information content (AvgIpc) is 3.66. The molecule has 1 saturated carbocycles. The third kappa shape index (κ3) is 9.98. The Labute approximate surface area is 257 Å². The van der Waals surface area contributed by atoms with E-state index in [0.29, 0.717) is 15.8 Å². The second-order valence-corrected chi connectivity index (χ2v) is 19.7. The maximum absolute atomic E-state index is 13.2. The number of esters is 1. The first-order valence-corrected chi connectivity index (χ1v) is 20.1. The fraction of sp³-hybridized carbons (Fsp3) is 0.719. The van der Waals surface area contributed by atoms with Gasteiger partial charge in [0.2, 0.25) is 5.60 Å². The molecule has 1 N–H and O–H groups in total. The van der Waals surface area contributed by atoms with Crippen LogP contribution in [0.4, 0.5) is 0 Å². The number of nitrogens with zero attached hydrogens (tertiary/aromatic N) is 1. The molecule has 0 radical (unpaired) electrons. The van der Waals surface area contributed by atoms with Crippen LogP contribution in [0.1, 0.15) is 88.3 Å². The Hall–Kier alpha value is -1.07. The molecule has 0 amide bonds. The highest BCUT2D eigenvalue weighted by atomic mass is 32.1. The minimum Gasteiger partial charge on any atom is -0.460 e. The third-order valence-corrected chi connectivity index (χ3v) is 15.3. The minimum atomic E-state index is -1.73. The number of aliphatic hydroxyl groups is 1. The maximum Gasteiger partial charge on any atom is 0.349 e. The number of ether oxygens (including phenoxy) is 2. The molecule has 0 saturated heterocycles. The van der Waals surface area contributed by atoms with E-state index >= 15 is 0 Å². The zero-order valence-electron chi connectivity index (χ0n) is 26.2. The third-order valence-electron chi connectivity index (χ3n) is 8.84. The summed E-state index contributed by atoms with van der Waals surface area (Å²) < 4.78 is 18.1. The first-order valence-electron chi connectivity index (χ1n) is 15.4. The van der Waals surface area contributed by atoms with Gasteiger partial charge in [-0.3, -0.25) is 0 Å². The topological polar surface area (TPSA) is 68.2 Å². The molecule has 0 aliphatic heterocycles. The van der Waals surface area contributed by atoms with Crippen molar-refractivity contribution in [2.75, 3.05) is 33.4 Å². The number of thiophene rings is 2. The highest BCUT2D eigenvalue weighted by molar-refractivity contribution is 7.12. The van der Waals surface area contributed by atoms with E-state index in [2.05, 4.69) is 45.8 Å². The zero-order chi connectivity index (χ0) is 29.9. The van der Waals surface area contributed by atoms with E-state index < -0.39 is 19.9 Å². The summed E-state index contributed by atoms with van der Waals surface area (Å²) in [6, 6.07) is 7.80. The SMILES string of the molecule is CN(CCCOCCCCCCO[Si](C)(C)C(C)(C)C)[C@H]1CC[C@H](OC(=O)C(O)(c2cccs2)c2cccs2)CC1. The van der Waals surface area contributed by atoms with Crippen molar-refractivity contribution in [2.24, 2.45) is 0 Å². The van der Waals surface area contributed by atoms with Crippen LogP contribution in [0.15, 0.2) is 35.0 Å². The lowest BCUT2D eigenvalue weighted by Crippen LogP contribution is -2.42. The van der Waals surface area contributed by atoms with Gasteiger partial charge in [0, 0.05) is 32.4 Å². The van der Waals surface area contributed by atoms with Gasteiger partial charge in [-0.05, 0) is 93.0 Å². The Balaban J connectivity index is 1.25. The Bertz CT molecular complexity index is 964. The molecular formula is C32H53NO5S2Si. The van der Waals surface area contributed by atoms with Crippen LogP contribution < -0.4 is 0 Å². The summed E-state index contributed by atoms with van der Waals surface area (Å²) in [5.41, 5.74) is -1.73. The molecule has 1 fully saturated rings. The molecule has 1 aliphatic rings. The molecule has 0 spiro atoms. The standard InChI is InChI=1S/C32H53NO5S2Si/c1-31(2,3)41(5,6)37-23-10-8-7-9-21-36-22-13-20-33(4)26-16-18-27(19-17-26)38-30(34)32(35,28-14-11-24-39-28)29-15-12-25-40-29/h11-12,14-15,24-27,35H,7-10,13,16-23H2,1-6H3/t26-,27-. The van der Waals surface area contributed by atoms with Crippen molar-refractivity contribution in [3.05, 3.63) is 44.8 Å². The summed E-state index contributed by atoms with van der Waals surface area (Å²) in [6.07, 6.45) is 9.17. The van der Waals surface area contributed by atoms with Crippen LogP contribution in [0, 0.1) is 0 Å². The van der Waals surface area contributed by atoms with Crippen molar-refractivity contribution in [1.29, 1.82) is 0 Å². The van der Waals surface area contributed by atoms with E-state index in [4.69, 9.17) is 13.9 Å². The largest absolute Gasteiger partial charge is 0.460 e. The molecule has 0 bridgehead atoms. The Morgan fingerprint density at radius 2 is 1.49 bits per heavy atom. The second-order valence-electron chi connectivity index (χ2n) is 13.0. The van der Waals surface area contributed by atoms with Crippen molar-refractivity contribution in [3.63, 3.8) is 0 Å². The summed E-state index contributed by atoms with van der Waals surface area (Å²) in [4.78, 5) is 16.9. The van der Waals surface area contributed by atoms with Gasteiger partial charge < -0.3 is 23.9 Å². The summed E-state index contributed by atoms with van der Waals surface area (Å²) in [6.45, 7) is 15.1. The molecule has 0 aromatic carbocycles. The predicted molar refractivity (Wildman–Crippen MR) is 173 cm³/mol. The van der Waals surface area contributed by atoms with Gasteiger partial charge in [-0.15, -0.1) is 22.7 Å². The first-order chi connectivity index (χ1) is 19.4. The van der Waals surface area contributed by atoms with E-state index in [1.165, 1.54) is 35.5 Å². The van der Waals surface area contributed by atoms with E-state index in [9.17, 15) is 9.90 Å². The van der Waals surface area contributed by atoms with Crippen molar-refractivity contribution in [2.45, 2.75) is 114 Å². The van der Waals surface area contributed by atoms with Crippen LogP contribution in [0.2, 0.25) is 18.1 Å². The number of hydrogen-bond acceptors (Lipinski definition) is 8. The molecule has 9 heteroatoms. The first kappa shape index (κ1) is 34.4. The second kappa shape index (κ2) is 16.1. The van der Waals surface area contributed by atoms with Crippen molar-refractivity contribution in [3.8, 4) is 0 Å². The van der Waals surface area contributed by atoms with Crippen LogP contribution >= 0.6 is 22.7 Å². The van der Waals surface area contributed by atoms with E-state index in [1.807, 2.05) is 22.9 Å². The summed E-state index contributed by atoms with van der Waals surface area (Å²) in [5.74, 6) is -0.559.